The van der Waals surface area contributed by atoms with Gasteiger partial charge in [0.25, 0.3) is 5.91 Å². The number of amides is 1. The molecule has 0 aliphatic carbocycles. The summed E-state index contributed by atoms with van der Waals surface area (Å²) in [4.78, 5) is 22.3. The second-order valence-electron chi connectivity index (χ2n) is 3.25. The molecule has 0 saturated carbocycles. The summed E-state index contributed by atoms with van der Waals surface area (Å²) in [7, 11) is 1.51. The molecule has 1 aromatic rings. The predicted molar refractivity (Wildman–Crippen MR) is 61.5 cm³/mol. The van der Waals surface area contributed by atoms with E-state index in [0.717, 1.165) is 0 Å². The van der Waals surface area contributed by atoms with Crippen LogP contribution in [0.25, 0.3) is 0 Å². The fourth-order valence-electron chi connectivity index (χ4n) is 1.08. The third kappa shape index (κ3) is 4.04. The van der Waals surface area contributed by atoms with E-state index in [9.17, 15) is 9.59 Å². The lowest BCUT2D eigenvalue weighted by molar-refractivity contribution is -0.146. The number of aliphatic hydroxyl groups is 1. The normalized spacial score (nSPS) is 11.9. The highest BCUT2D eigenvalue weighted by molar-refractivity contribution is 7.12. The fourth-order valence-corrected chi connectivity index (χ4v) is 1.85. The fraction of sp³-hybridized carbons (Fsp3) is 0.400. The molecule has 1 amide bonds. The molecule has 6 nitrogen and oxygen atoms in total. The summed E-state index contributed by atoms with van der Waals surface area (Å²) in [5, 5.41) is 21.6. The number of carbonyl (C=O) groups excluding carboxylic acids is 1. The SMILES string of the molecule is COc1csc(C(=O)NCCC(O)C(=O)O)c1. The third-order valence-electron chi connectivity index (χ3n) is 2.02. The van der Waals surface area contributed by atoms with Gasteiger partial charge >= 0.3 is 5.97 Å². The number of methoxy groups -OCH3 is 1. The van der Waals surface area contributed by atoms with Crippen molar-refractivity contribution >= 4 is 23.2 Å². The summed E-state index contributed by atoms with van der Waals surface area (Å²) in [6, 6.07) is 1.59. The molecular formula is C10H13NO5S. The van der Waals surface area contributed by atoms with Crippen LogP contribution < -0.4 is 10.1 Å². The molecule has 3 N–H and O–H groups in total. The molecule has 0 spiro atoms. The Hall–Kier alpha value is -1.60. The van der Waals surface area contributed by atoms with Gasteiger partial charge in [-0.1, -0.05) is 0 Å². The molecule has 1 aromatic heterocycles. The van der Waals surface area contributed by atoms with E-state index in [1.54, 1.807) is 11.4 Å². The first-order chi connectivity index (χ1) is 8.04. The first kappa shape index (κ1) is 13.5. The van der Waals surface area contributed by atoms with E-state index in [-0.39, 0.29) is 18.9 Å². The van der Waals surface area contributed by atoms with Crippen LogP contribution in [-0.2, 0) is 4.79 Å². The minimum Gasteiger partial charge on any atom is -0.496 e. The van der Waals surface area contributed by atoms with Crippen LogP contribution >= 0.6 is 11.3 Å². The Morgan fingerprint density at radius 3 is 2.82 bits per heavy atom. The molecule has 1 atom stereocenters. The topological polar surface area (TPSA) is 95.9 Å². The van der Waals surface area contributed by atoms with Crippen molar-refractivity contribution in [2.24, 2.45) is 0 Å². The lowest BCUT2D eigenvalue weighted by atomic mass is 10.2. The van der Waals surface area contributed by atoms with Gasteiger partial charge in [-0.2, -0.15) is 0 Å². The second kappa shape index (κ2) is 6.21. The average molecular weight is 259 g/mol. The molecule has 94 valence electrons. The highest BCUT2D eigenvalue weighted by Crippen LogP contribution is 2.20. The molecule has 0 aliphatic heterocycles. The van der Waals surface area contributed by atoms with Crippen molar-refractivity contribution in [1.29, 1.82) is 0 Å². The Labute approximate surface area is 102 Å². The van der Waals surface area contributed by atoms with Crippen molar-refractivity contribution in [2.75, 3.05) is 13.7 Å². The predicted octanol–water partition coefficient (Wildman–Crippen LogP) is 0.322. The van der Waals surface area contributed by atoms with E-state index in [1.807, 2.05) is 0 Å². The molecule has 17 heavy (non-hydrogen) atoms. The standard InChI is InChI=1S/C10H13NO5S/c1-16-6-4-8(17-5-6)9(13)11-3-2-7(12)10(14)15/h4-5,7,12H,2-3H2,1H3,(H,11,13)(H,14,15). The average Bonchev–Trinajstić information content (AvgIpc) is 2.77. The van der Waals surface area contributed by atoms with E-state index in [0.29, 0.717) is 10.6 Å². The molecule has 0 bridgehead atoms. The molecule has 0 radical (unpaired) electrons. The lowest BCUT2D eigenvalue weighted by Gasteiger charge is -2.06. The van der Waals surface area contributed by atoms with Gasteiger partial charge in [0.2, 0.25) is 0 Å². The monoisotopic (exact) mass is 259 g/mol. The Bertz CT molecular complexity index is 403. The number of nitrogens with one attached hydrogen (secondary N) is 1. The number of aliphatic hydroxyl groups excluding tert-OH is 1. The molecular weight excluding hydrogens is 246 g/mol. The molecule has 0 fully saturated rings. The molecule has 7 heteroatoms. The van der Waals surface area contributed by atoms with Crippen LogP contribution in [0.15, 0.2) is 11.4 Å². The molecule has 0 saturated heterocycles. The van der Waals surface area contributed by atoms with Crippen molar-refractivity contribution in [3.05, 3.63) is 16.3 Å². The number of thiophene rings is 1. The third-order valence-corrected chi connectivity index (χ3v) is 2.93. The summed E-state index contributed by atoms with van der Waals surface area (Å²) in [5.74, 6) is -1.00. The summed E-state index contributed by atoms with van der Waals surface area (Å²) in [6.07, 6.45) is -1.47. The van der Waals surface area contributed by atoms with Crippen LogP contribution in [-0.4, -0.2) is 41.8 Å². The summed E-state index contributed by atoms with van der Waals surface area (Å²) in [6.45, 7) is 0.104. The molecule has 1 heterocycles. The number of hydrogen-bond acceptors (Lipinski definition) is 5. The molecule has 0 aromatic carbocycles. The maximum Gasteiger partial charge on any atom is 0.332 e. The van der Waals surface area contributed by atoms with Crippen LogP contribution in [0.5, 0.6) is 5.75 Å². The Balaban J connectivity index is 2.37. The van der Waals surface area contributed by atoms with E-state index < -0.39 is 12.1 Å². The van der Waals surface area contributed by atoms with Crippen LogP contribution in [0.3, 0.4) is 0 Å². The first-order valence-electron chi connectivity index (χ1n) is 4.86. The Morgan fingerprint density at radius 2 is 2.29 bits per heavy atom. The largest absolute Gasteiger partial charge is 0.496 e. The van der Waals surface area contributed by atoms with Crippen LogP contribution in [0, 0.1) is 0 Å². The lowest BCUT2D eigenvalue weighted by Crippen LogP contribution is -2.29. The maximum atomic E-state index is 11.5. The van der Waals surface area contributed by atoms with Gasteiger partial charge in [0, 0.05) is 24.4 Å². The Morgan fingerprint density at radius 1 is 1.59 bits per heavy atom. The van der Waals surface area contributed by atoms with Gasteiger partial charge in [-0.15, -0.1) is 11.3 Å². The van der Waals surface area contributed by atoms with Gasteiger partial charge in [0.1, 0.15) is 5.75 Å². The van der Waals surface area contributed by atoms with E-state index in [4.69, 9.17) is 14.9 Å². The van der Waals surface area contributed by atoms with Crippen molar-refractivity contribution in [1.82, 2.24) is 5.32 Å². The summed E-state index contributed by atoms with van der Waals surface area (Å²) >= 11 is 1.23. The van der Waals surface area contributed by atoms with Gasteiger partial charge in [-0.25, -0.2) is 4.79 Å². The minimum absolute atomic E-state index is 0.0242. The number of carboxylic acid groups (broad SMARTS) is 1. The van der Waals surface area contributed by atoms with E-state index in [1.165, 1.54) is 18.4 Å². The van der Waals surface area contributed by atoms with Gasteiger partial charge in [-0.3, -0.25) is 4.79 Å². The number of hydrogen-bond donors (Lipinski definition) is 3. The zero-order chi connectivity index (χ0) is 12.8. The quantitative estimate of drug-likeness (QED) is 0.684. The summed E-state index contributed by atoms with van der Waals surface area (Å²) < 4.78 is 4.93. The first-order valence-corrected chi connectivity index (χ1v) is 5.74. The van der Waals surface area contributed by atoms with Crippen molar-refractivity contribution in [3.63, 3.8) is 0 Å². The van der Waals surface area contributed by atoms with Gasteiger partial charge in [-0.05, 0) is 0 Å². The highest BCUT2D eigenvalue weighted by Gasteiger charge is 2.14. The number of carboxylic acids is 1. The van der Waals surface area contributed by atoms with Gasteiger partial charge < -0.3 is 20.3 Å². The number of ether oxygens (including phenoxy) is 1. The zero-order valence-corrected chi connectivity index (χ0v) is 9.99. The van der Waals surface area contributed by atoms with E-state index >= 15 is 0 Å². The van der Waals surface area contributed by atoms with Crippen molar-refractivity contribution < 1.29 is 24.5 Å². The van der Waals surface area contributed by atoms with Gasteiger partial charge in [0.05, 0.1) is 12.0 Å². The highest BCUT2D eigenvalue weighted by atomic mass is 32.1. The number of carbonyl (C=O) groups is 2. The van der Waals surface area contributed by atoms with Crippen LogP contribution in [0.1, 0.15) is 16.1 Å². The second-order valence-corrected chi connectivity index (χ2v) is 4.16. The van der Waals surface area contributed by atoms with Crippen LogP contribution in [0.2, 0.25) is 0 Å². The molecule has 1 unspecified atom stereocenters. The molecule has 1 rings (SSSR count). The number of rotatable bonds is 6. The maximum absolute atomic E-state index is 11.5. The van der Waals surface area contributed by atoms with Crippen LogP contribution in [0.4, 0.5) is 0 Å². The molecule has 0 aliphatic rings. The van der Waals surface area contributed by atoms with Crippen molar-refractivity contribution in [2.45, 2.75) is 12.5 Å². The zero-order valence-electron chi connectivity index (χ0n) is 9.17. The Kier molecular flexibility index (Phi) is 4.92. The van der Waals surface area contributed by atoms with E-state index in [2.05, 4.69) is 5.32 Å². The smallest absolute Gasteiger partial charge is 0.332 e. The van der Waals surface area contributed by atoms with Gasteiger partial charge in [0.15, 0.2) is 6.10 Å². The minimum atomic E-state index is -1.45. The number of aliphatic carboxylic acids is 1. The van der Waals surface area contributed by atoms with Crippen molar-refractivity contribution in [3.8, 4) is 5.75 Å². The summed E-state index contributed by atoms with van der Waals surface area (Å²) in [5.41, 5.74) is 0.